The Balaban J connectivity index is 1.90. The maximum absolute atomic E-state index is 12.4. The van der Waals surface area contributed by atoms with Crippen LogP contribution in [0.5, 0.6) is 11.5 Å². The van der Waals surface area contributed by atoms with Gasteiger partial charge in [0.25, 0.3) is 0 Å². The van der Waals surface area contributed by atoms with Gasteiger partial charge in [-0.3, -0.25) is 0 Å². The van der Waals surface area contributed by atoms with Crippen molar-refractivity contribution in [2.45, 2.75) is 40.9 Å². The van der Waals surface area contributed by atoms with E-state index < -0.39 is 29.8 Å². The van der Waals surface area contributed by atoms with Crippen LogP contribution in [0.3, 0.4) is 0 Å². The molecule has 12 heteroatoms. The molecule has 1 N–H and O–H groups in total. The zero-order valence-corrected chi connectivity index (χ0v) is 25.4. The van der Waals surface area contributed by atoms with Crippen molar-refractivity contribution in [3.63, 3.8) is 0 Å². The Hall–Kier alpha value is -5.39. The van der Waals surface area contributed by atoms with E-state index in [0.717, 1.165) is 0 Å². The predicted molar refractivity (Wildman–Crippen MR) is 159 cm³/mol. The maximum atomic E-state index is 12.4. The summed E-state index contributed by atoms with van der Waals surface area (Å²) in [5.41, 5.74) is 0.688. The van der Waals surface area contributed by atoms with E-state index in [-0.39, 0.29) is 90.1 Å². The lowest BCUT2D eigenvalue weighted by molar-refractivity contribution is 0.0505. The summed E-state index contributed by atoms with van der Waals surface area (Å²) in [6.07, 6.45) is 0. The van der Waals surface area contributed by atoms with E-state index in [9.17, 15) is 29.1 Å². The number of aromatic carboxylic acids is 1. The molecule has 3 aromatic rings. The Morgan fingerprint density at radius 1 is 0.533 bits per heavy atom. The van der Waals surface area contributed by atoms with Crippen LogP contribution < -0.4 is 9.47 Å². The van der Waals surface area contributed by atoms with Crippen molar-refractivity contribution in [1.82, 2.24) is 0 Å². The standard InChI is InChI=1S/C33H34O12/c1-5-40-30(36)22-12-23(31(37)41-6-2)15-26(14-22)44-18-20-10-9-11-21(28(20)29(34)35)19-45-27-16-24(32(38)42-7-3)13-25(17-27)33(39)43-8-4/h9-17H,5-8,18-19H2,1-4H3,(H,34,35). The lowest BCUT2D eigenvalue weighted by Crippen LogP contribution is -2.13. The highest BCUT2D eigenvalue weighted by molar-refractivity contribution is 5.97. The number of carbonyl (C=O) groups is 5. The first-order valence-corrected chi connectivity index (χ1v) is 14.2. The van der Waals surface area contributed by atoms with Crippen LogP contribution in [0.15, 0.2) is 54.6 Å². The van der Waals surface area contributed by atoms with E-state index in [2.05, 4.69) is 0 Å². The highest BCUT2D eigenvalue weighted by Crippen LogP contribution is 2.25. The van der Waals surface area contributed by atoms with Crippen molar-refractivity contribution < 1.29 is 57.5 Å². The number of hydrogen-bond acceptors (Lipinski definition) is 11. The van der Waals surface area contributed by atoms with Crippen LogP contribution in [-0.2, 0) is 32.2 Å². The molecule has 0 atom stereocenters. The quantitative estimate of drug-likeness (QED) is 0.173. The van der Waals surface area contributed by atoms with E-state index in [4.69, 9.17) is 28.4 Å². The van der Waals surface area contributed by atoms with Crippen LogP contribution in [0.2, 0.25) is 0 Å². The van der Waals surface area contributed by atoms with Gasteiger partial charge in [-0.15, -0.1) is 0 Å². The zero-order valence-electron chi connectivity index (χ0n) is 25.4. The summed E-state index contributed by atoms with van der Waals surface area (Å²) in [5.74, 6) is -3.71. The molecule has 3 aromatic carbocycles. The fourth-order valence-electron chi connectivity index (χ4n) is 4.18. The van der Waals surface area contributed by atoms with Gasteiger partial charge in [-0.2, -0.15) is 0 Å². The van der Waals surface area contributed by atoms with E-state index in [1.54, 1.807) is 45.9 Å². The molecule has 0 saturated heterocycles. The molecule has 0 fully saturated rings. The first-order valence-electron chi connectivity index (χ1n) is 14.2. The third-order valence-electron chi connectivity index (χ3n) is 6.10. The van der Waals surface area contributed by atoms with Gasteiger partial charge in [0.15, 0.2) is 0 Å². The van der Waals surface area contributed by atoms with Gasteiger partial charge in [-0.25, -0.2) is 24.0 Å². The Morgan fingerprint density at radius 2 is 0.844 bits per heavy atom. The highest BCUT2D eigenvalue weighted by Gasteiger charge is 2.20. The predicted octanol–water partition coefficient (Wildman–Crippen LogP) is 5.25. The largest absolute Gasteiger partial charge is 0.489 e. The minimum absolute atomic E-state index is 0.0604. The molecule has 0 spiro atoms. The van der Waals surface area contributed by atoms with E-state index >= 15 is 0 Å². The Morgan fingerprint density at radius 3 is 1.11 bits per heavy atom. The molecule has 0 bridgehead atoms. The minimum Gasteiger partial charge on any atom is -0.489 e. The Bertz CT molecular complexity index is 1380. The Labute approximate surface area is 259 Å². The topological polar surface area (TPSA) is 161 Å². The molecule has 0 aliphatic rings. The van der Waals surface area contributed by atoms with Gasteiger partial charge in [-0.1, -0.05) is 18.2 Å². The van der Waals surface area contributed by atoms with Gasteiger partial charge >= 0.3 is 29.8 Å². The molecule has 0 aliphatic heterocycles. The SMILES string of the molecule is CCOC(=O)c1cc(OCc2cccc(COc3cc(C(=O)OCC)cc(C(=O)OCC)c3)c2C(=O)O)cc(C(=O)OCC)c1. The fraction of sp³-hybridized carbons (Fsp3) is 0.303. The molecule has 3 rings (SSSR count). The fourth-order valence-corrected chi connectivity index (χ4v) is 4.18. The van der Waals surface area contributed by atoms with Crippen molar-refractivity contribution >= 4 is 29.8 Å². The average molecular weight is 623 g/mol. The molecule has 0 heterocycles. The molecule has 0 aliphatic carbocycles. The number of ether oxygens (including phenoxy) is 6. The third-order valence-corrected chi connectivity index (χ3v) is 6.10. The number of carboxylic acid groups (broad SMARTS) is 1. The van der Waals surface area contributed by atoms with Gasteiger partial charge in [-0.05, 0) is 64.1 Å². The van der Waals surface area contributed by atoms with Gasteiger partial charge in [0, 0.05) is 11.1 Å². The normalized spacial score (nSPS) is 10.4. The molecule has 0 saturated carbocycles. The number of rotatable bonds is 15. The number of esters is 4. The molecule has 0 radical (unpaired) electrons. The smallest absolute Gasteiger partial charge is 0.338 e. The van der Waals surface area contributed by atoms with Crippen LogP contribution in [0.25, 0.3) is 0 Å². The van der Waals surface area contributed by atoms with Crippen molar-refractivity contribution in [2.24, 2.45) is 0 Å². The van der Waals surface area contributed by atoms with Crippen molar-refractivity contribution in [3.05, 3.63) is 93.5 Å². The molecule has 0 aromatic heterocycles. The molecular weight excluding hydrogens is 588 g/mol. The minimum atomic E-state index is -1.26. The van der Waals surface area contributed by atoms with Crippen LogP contribution in [0, 0.1) is 0 Å². The Kier molecular flexibility index (Phi) is 12.5. The molecular formula is C33H34O12. The van der Waals surface area contributed by atoms with Crippen molar-refractivity contribution in [3.8, 4) is 11.5 Å². The van der Waals surface area contributed by atoms with Gasteiger partial charge in [0.05, 0.1) is 54.2 Å². The van der Waals surface area contributed by atoms with Gasteiger partial charge in [0.2, 0.25) is 0 Å². The van der Waals surface area contributed by atoms with Crippen LogP contribution >= 0.6 is 0 Å². The second kappa shape index (κ2) is 16.5. The molecule has 12 nitrogen and oxygen atoms in total. The molecule has 0 unspecified atom stereocenters. The van der Waals surface area contributed by atoms with Crippen LogP contribution in [0.4, 0.5) is 0 Å². The van der Waals surface area contributed by atoms with E-state index in [0.29, 0.717) is 0 Å². The number of hydrogen-bond donors (Lipinski definition) is 1. The monoisotopic (exact) mass is 622 g/mol. The molecule has 45 heavy (non-hydrogen) atoms. The van der Waals surface area contributed by atoms with E-state index in [1.165, 1.54) is 36.4 Å². The summed E-state index contributed by atoms with van der Waals surface area (Å²) in [6, 6.07) is 12.9. The number of benzene rings is 3. The summed E-state index contributed by atoms with van der Waals surface area (Å²) in [4.78, 5) is 61.9. The lowest BCUT2D eigenvalue weighted by atomic mass is 10.0. The van der Waals surface area contributed by atoms with Crippen LogP contribution in [0.1, 0.15) is 90.6 Å². The first-order chi connectivity index (χ1) is 21.6. The second-order valence-corrected chi connectivity index (χ2v) is 9.21. The van der Waals surface area contributed by atoms with E-state index in [1.807, 2.05) is 0 Å². The van der Waals surface area contributed by atoms with Crippen molar-refractivity contribution in [2.75, 3.05) is 26.4 Å². The summed E-state index contributed by atoms with van der Waals surface area (Å²) >= 11 is 0. The molecule has 238 valence electrons. The number of carbonyl (C=O) groups excluding carboxylic acids is 4. The molecule has 0 amide bonds. The van der Waals surface area contributed by atoms with Crippen LogP contribution in [-0.4, -0.2) is 61.4 Å². The highest BCUT2D eigenvalue weighted by atomic mass is 16.5. The summed E-state index contributed by atoms with van der Waals surface area (Å²) in [7, 11) is 0. The third kappa shape index (κ3) is 9.30. The average Bonchev–Trinajstić information content (AvgIpc) is 3.02. The van der Waals surface area contributed by atoms with Gasteiger partial charge < -0.3 is 33.5 Å². The first kappa shape index (κ1) is 34.1. The maximum Gasteiger partial charge on any atom is 0.338 e. The zero-order chi connectivity index (χ0) is 32.9. The number of carboxylic acids is 1. The van der Waals surface area contributed by atoms with Gasteiger partial charge in [0.1, 0.15) is 24.7 Å². The lowest BCUT2D eigenvalue weighted by Gasteiger charge is -2.15. The summed E-state index contributed by atoms with van der Waals surface area (Å²) < 4.78 is 31.9. The summed E-state index contributed by atoms with van der Waals surface area (Å²) in [6.45, 7) is 6.57. The second-order valence-electron chi connectivity index (χ2n) is 9.21. The summed E-state index contributed by atoms with van der Waals surface area (Å²) in [5, 5.41) is 10.1. The van der Waals surface area contributed by atoms with Crippen molar-refractivity contribution in [1.29, 1.82) is 0 Å².